The van der Waals surface area contributed by atoms with Crippen LogP contribution in [0.2, 0.25) is 0 Å². The van der Waals surface area contributed by atoms with Crippen molar-refractivity contribution < 1.29 is 0 Å². The molecule has 1 heteroatoms. The fraction of sp³-hybridized carbons (Fsp3) is 0.286. The molecule has 0 amide bonds. The summed E-state index contributed by atoms with van der Waals surface area (Å²) in [5.41, 5.74) is 1.32. The van der Waals surface area contributed by atoms with E-state index in [1.54, 1.807) is 0 Å². The summed E-state index contributed by atoms with van der Waals surface area (Å²) in [6.07, 6.45) is 8.41. The number of likely N-dealkylation sites (N-methyl/N-ethyl adjacent to an activating group) is 1. The van der Waals surface area contributed by atoms with Gasteiger partial charge in [0.2, 0.25) is 0 Å². The van der Waals surface area contributed by atoms with Gasteiger partial charge in [-0.3, -0.25) is 0 Å². The Labute approximate surface area is 92.7 Å². The van der Waals surface area contributed by atoms with Crippen LogP contribution in [-0.2, 0) is 0 Å². The molecule has 0 saturated carbocycles. The minimum Gasteiger partial charge on any atom is -0.374 e. The molecule has 0 bridgehead atoms. The second-order valence-electron chi connectivity index (χ2n) is 3.51. The van der Waals surface area contributed by atoms with Crippen molar-refractivity contribution in [2.45, 2.75) is 13.8 Å². The standard InChI is InChI=1S/C7H11N.C7H8/c1-2-8-6-4-3-5-7-8;1-7-5-3-2-4-6-7/h3-6H,2,7H2,1H3;2-6H,1H3. The molecule has 1 aliphatic rings. The third kappa shape index (κ3) is 5.06. The lowest BCUT2D eigenvalue weighted by atomic mass is 10.2. The van der Waals surface area contributed by atoms with Gasteiger partial charge in [0, 0.05) is 13.1 Å². The number of rotatable bonds is 1. The molecule has 1 aliphatic heterocycles. The van der Waals surface area contributed by atoms with Gasteiger partial charge in [-0.2, -0.15) is 0 Å². The van der Waals surface area contributed by atoms with Crippen molar-refractivity contribution in [1.82, 2.24) is 4.90 Å². The van der Waals surface area contributed by atoms with Gasteiger partial charge in [-0.1, -0.05) is 48.0 Å². The van der Waals surface area contributed by atoms with Crippen molar-refractivity contribution in [1.29, 1.82) is 0 Å². The molecular weight excluding hydrogens is 182 g/mol. The van der Waals surface area contributed by atoms with Crippen molar-refractivity contribution in [2.75, 3.05) is 13.1 Å². The molecule has 80 valence electrons. The fourth-order valence-corrected chi connectivity index (χ4v) is 1.28. The monoisotopic (exact) mass is 201 g/mol. The normalized spacial score (nSPS) is 13.3. The summed E-state index contributed by atoms with van der Waals surface area (Å²) < 4.78 is 0. The number of benzene rings is 1. The van der Waals surface area contributed by atoms with Crippen LogP contribution in [0.4, 0.5) is 0 Å². The molecule has 1 heterocycles. The van der Waals surface area contributed by atoms with Gasteiger partial charge in [-0.25, -0.2) is 0 Å². The average Bonchev–Trinajstić information content (AvgIpc) is 2.32. The highest BCUT2D eigenvalue weighted by atomic mass is 15.1. The van der Waals surface area contributed by atoms with E-state index in [9.17, 15) is 0 Å². The summed E-state index contributed by atoms with van der Waals surface area (Å²) in [5, 5.41) is 0. The zero-order valence-electron chi connectivity index (χ0n) is 9.56. The Hall–Kier alpha value is -1.50. The van der Waals surface area contributed by atoms with Crippen molar-refractivity contribution in [2.24, 2.45) is 0 Å². The molecule has 0 aliphatic carbocycles. The highest BCUT2D eigenvalue weighted by Crippen LogP contribution is 1.95. The lowest BCUT2D eigenvalue weighted by Gasteiger charge is -2.16. The van der Waals surface area contributed by atoms with Crippen LogP contribution in [0.15, 0.2) is 54.8 Å². The lowest BCUT2D eigenvalue weighted by molar-refractivity contribution is 0.436. The largest absolute Gasteiger partial charge is 0.374 e. The number of hydrogen-bond donors (Lipinski definition) is 0. The number of allylic oxidation sites excluding steroid dienone is 2. The van der Waals surface area contributed by atoms with E-state index in [1.807, 2.05) is 18.2 Å². The van der Waals surface area contributed by atoms with Crippen LogP contribution in [0.25, 0.3) is 0 Å². The summed E-state index contributed by atoms with van der Waals surface area (Å²) in [6, 6.07) is 10.3. The summed E-state index contributed by atoms with van der Waals surface area (Å²) in [7, 11) is 0. The molecule has 1 aromatic rings. The summed E-state index contributed by atoms with van der Waals surface area (Å²) in [4.78, 5) is 2.25. The molecule has 0 fully saturated rings. The van der Waals surface area contributed by atoms with Crippen LogP contribution >= 0.6 is 0 Å². The second-order valence-corrected chi connectivity index (χ2v) is 3.51. The van der Waals surface area contributed by atoms with Crippen LogP contribution in [0.3, 0.4) is 0 Å². The predicted octanol–water partition coefficient (Wildman–Crippen LogP) is 3.39. The third-order valence-electron chi connectivity index (χ3n) is 2.23. The van der Waals surface area contributed by atoms with Crippen molar-refractivity contribution >= 4 is 0 Å². The Balaban J connectivity index is 0.000000151. The van der Waals surface area contributed by atoms with Gasteiger partial charge in [-0.05, 0) is 26.1 Å². The van der Waals surface area contributed by atoms with E-state index in [0.29, 0.717) is 0 Å². The highest BCUT2D eigenvalue weighted by Gasteiger charge is 1.91. The maximum atomic E-state index is 2.25. The predicted molar refractivity (Wildman–Crippen MR) is 66.7 cm³/mol. The first-order valence-corrected chi connectivity index (χ1v) is 5.42. The minimum absolute atomic E-state index is 1.08. The maximum absolute atomic E-state index is 2.25. The molecule has 2 rings (SSSR count). The molecule has 0 saturated heterocycles. The Bertz CT molecular complexity index is 311. The first kappa shape index (κ1) is 11.6. The molecule has 0 radical (unpaired) electrons. The topological polar surface area (TPSA) is 3.24 Å². The molecule has 0 unspecified atom stereocenters. The van der Waals surface area contributed by atoms with Crippen LogP contribution in [0.1, 0.15) is 12.5 Å². The summed E-state index contributed by atoms with van der Waals surface area (Å²) in [5.74, 6) is 0. The molecule has 0 N–H and O–H groups in total. The highest BCUT2D eigenvalue weighted by molar-refractivity contribution is 5.11. The lowest BCUT2D eigenvalue weighted by Crippen LogP contribution is -2.17. The SMILES string of the molecule is CCN1C=CC=CC1.Cc1ccccc1. The summed E-state index contributed by atoms with van der Waals surface area (Å²) in [6.45, 7) is 6.43. The van der Waals surface area contributed by atoms with Gasteiger partial charge in [0.25, 0.3) is 0 Å². The van der Waals surface area contributed by atoms with E-state index in [1.165, 1.54) is 5.56 Å². The van der Waals surface area contributed by atoms with Gasteiger partial charge in [-0.15, -0.1) is 0 Å². The Morgan fingerprint density at radius 3 is 2.20 bits per heavy atom. The Kier molecular flexibility index (Phi) is 5.31. The van der Waals surface area contributed by atoms with Crippen molar-refractivity contribution in [3.05, 3.63) is 60.3 Å². The molecule has 1 aromatic carbocycles. The van der Waals surface area contributed by atoms with E-state index >= 15 is 0 Å². The van der Waals surface area contributed by atoms with Crippen LogP contribution in [0, 0.1) is 6.92 Å². The van der Waals surface area contributed by atoms with E-state index < -0.39 is 0 Å². The number of hydrogen-bond acceptors (Lipinski definition) is 1. The van der Waals surface area contributed by atoms with E-state index in [4.69, 9.17) is 0 Å². The Morgan fingerprint density at radius 2 is 1.87 bits per heavy atom. The Morgan fingerprint density at radius 1 is 1.13 bits per heavy atom. The van der Waals surface area contributed by atoms with Gasteiger partial charge in [0.1, 0.15) is 0 Å². The van der Waals surface area contributed by atoms with Crippen LogP contribution < -0.4 is 0 Å². The smallest absolute Gasteiger partial charge is 0.0356 e. The van der Waals surface area contributed by atoms with Gasteiger partial charge >= 0.3 is 0 Å². The number of nitrogens with zero attached hydrogens (tertiary/aromatic N) is 1. The van der Waals surface area contributed by atoms with Gasteiger partial charge in [0.05, 0.1) is 0 Å². The molecule has 15 heavy (non-hydrogen) atoms. The quantitative estimate of drug-likeness (QED) is 0.673. The van der Waals surface area contributed by atoms with Crippen molar-refractivity contribution in [3.8, 4) is 0 Å². The molecule has 0 atom stereocenters. The van der Waals surface area contributed by atoms with Gasteiger partial charge < -0.3 is 4.90 Å². The van der Waals surface area contributed by atoms with E-state index in [0.717, 1.165) is 13.1 Å². The first-order valence-electron chi connectivity index (χ1n) is 5.42. The molecule has 1 nitrogen and oxygen atoms in total. The number of aryl methyl sites for hydroxylation is 1. The third-order valence-corrected chi connectivity index (χ3v) is 2.23. The fourth-order valence-electron chi connectivity index (χ4n) is 1.28. The first-order chi connectivity index (χ1) is 7.33. The molecule has 0 aromatic heterocycles. The average molecular weight is 201 g/mol. The molecule has 0 spiro atoms. The van der Waals surface area contributed by atoms with Crippen LogP contribution in [-0.4, -0.2) is 18.0 Å². The van der Waals surface area contributed by atoms with Gasteiger partial charge in [0.15, 0.2) is 0 Å². The second kappa shape index (κ2) is 6.88. The zero-order valence-corrected chi connectivity index (χ0v) is 9.56. The van der Waals surface area contributed by atoms with Crippen LogP contribution in [0.5, 0.6) is 0 Å². The summed E-state index contributed by atoms with van der Waals surface area (Å²) >= 11 is 0. The van der Waals surface area contributed by atoms with E-state index in [-0.39, 0.29) is 0 Å². The molecular formula is C14H19N. The zero-order chi connectivity index (χ0) is 10.9. The maximum Gasteiger partial charge on any atom is 0.0356 e. The minimum atomic E-state index is 1.08. The van der Waals surface area contributed by atoms with Crippen molar-refractivity contribution in [3.63, 3.8) is 0 Å². The van der Waals surface area contributed by atoms with E-state index in [2.05, 4.69) is 55.3 Å².